The molecule has 7 aromatic rings. The van der Waals surface area contributed by atoms with Crippen molar-refractivity contribution in [3.63, 3.8) is 0 Å². The molecule has 0 saturated carbocycles. The van der Waals surface area contributed by atoms with Crippen LogP contribution in [-0.2, 0) is 5.41 Å². The Morgan fingerprint density at radius 1 is 0.583 bits per heavy atom. The first-order chi connectivity index (χ1) is 23.4. The van der Waals surface area contributed by atoms with Crippen LogP contribution in [0.5, 0.6) is 0 Å². The third-order valence-corrected chi connectivity index (χ3v) is 11.2. The van der Waals surface area contributed by atoms with E-state index in [2.05, 4.69) is 188 Å². The lowest BCUT2D eigenvalue weighted by atomic mass is 9.71. The van der Waals surface area contributed by atoms with Gasteiger partial charge in [0, 0.05) is 39.2 Å². The van der Waals surface area contributed by atoms with Crippen molar-refractivity contribution in [1.29, 1.82) is 0 Å². The summed E-state index contributed by atoms with van der Waals surface area (Å²) in [6, 6.07) is 55.7. The zero-order valence-corrected chi connectivity index (χ0v) is 27.9. The molecule has 2 aliphatic rings. The van der Waals surface area contributed by atoms with E-state index in [9.17, 15) is 0 Å². The molecule has 0 amide bonds. The van der Waals surface area contributed by atoms with Crippen molar-refractivity contribution in [3.8, 4) is 16.8 Å². The Morgan fingerprint density at radius 2 is 1.21 bits per heavy atom. The molecule has 2 unspecified atom stereocenters. The fraction of sp³-hybridized carbons (Fsp3) is 0.174. The lowest BCUT2D eigenvalue weighted by Crippen LogP contribution is -2.45. The molecule has 0 saturated heterocycles. The van der Waals surface area contributed by atoms with Gasteiger partial charge in [-0.1, -0.05) is 123 Å². The SMILES string of the molecule is CC1(C)C2=CC(C)(N(c3ccccc3)c3ccc(-c4ccc5c(c4)c4ccccc4n5-c4ccccc4)cc3)CCC2c2ccccc21. The third kappa shape index (κ3) is 4.39. The van der Waals surface area contributed by atoms with Gasteiger partial charge < -0.3 is 9.47 Å². The van der Waals surface area contributed by atoms with E-state index in [0.717, 1.165) is 12.8 Å². The maximum absolute atomic E-state index is 2.62. The summed E-state index contributed by atoms with van der Waals surface area (Å²) in [5, 5.41) is 2.55. The van der Waals surface area contributed by atoms with Crippen molar-refractivity contribution in [2.24, 2.45) is 0 Å². The third-order valence-electron chi connectivity index (χ3n) is 11.2. The van der Waals surface area contributed by atoms with Crippen LogP contribution in [0.25, 0.3) is 38.6 Å². The molecule has 48 heavy (non-hydrogen) atoms. The number of anilines is 2. The van der Waals surface area contributed by atoms with Crippen molar-refractivity contribution in [1.82, 2.24) is 4.57 Å². The quantitative estimate of drug-likeness (QED) is 0.174. The minimum absolute atomic E-state index is 0.0252. The monoisotopic (exact) mass is 620 g/mol. The Bertz CT molecular complexity index is 2330. The van der Waals surface area contributed by atoms with Gasteiger partial charge in [0.1, 0.15) is 0 Å². The van der Waals surface area contributed by atoms with E-state index in [0.29, 0.717) is 5.92 Å². The summed E-state index contributed by atoms with van der Waals surface area (Å²) < 4.78 is 2.38. The average Bonchev–Trinajstić information content (AvgIpc) is 3.57. The molecule has 0 bridgehead atoms. The van der Waals surface area contributed by atoms with Crippen molar-refractivity contribution in [2.75, 3.05) is 4.90 Å². The van der Waals surface area contributed by atoms with E-state index in [4.69, 9.17) is 0 Å². The highest BCUT2D eigenvalue weighted by Crippen LogP contribution is 2.56. The summed E-state index contributed by atoms with van der Waals surface area (Å²) in [5.41, 5.74) is 13.0. The molecular formula is C46H40N2. The standard InChI is InChI=1S/C46H40N2/c1-45(2)41-20-12-10-18-37(41)38-28-29-46(3,31-42(38)45)48(35-16-8-5-9-17-35)36-25-22-32(23-26-36)33-24-27-44-40(30-33)39-19-11-13-21-43(39)47(44)34-14-6-4-7-15-34/h4-27,30-31,38H,28-29H2,1-3H3. The second kappa shape index (κ2) is 10.9. The van der Waals surface area contributed by atoms with Crippen LogP contribution in [-0.4, -0.2) is 10.1 Å². The topological polar surface area (TPSA) is 8.17 Å². The molecule has 2 atom stereocenters. The summed E-state index contributed by atoms with van der Waals surface area (Å²) >= 11 is 0. The van der Waals surface area contributed by atoms with Crippen molar-refractivity contribution in [2.45, 2.75) is 50.5 Å². The van der Waals surface area contributed by atoms with Crippen LogP contribution in [0, 0.1) is 0 Å². The maximum atomic E-state index is 2.62. The largest absolute Gasteiger partial charge is 0.332 e. The number of allylic oxidation sites excluding steroid dienone is 1. The zero-order chi connectivity index (χ0) is 32.5. The highest BCUT2D eigenvalue weighted by atomic mass is 15.2. The number of benzene rings is 6. The van der Waals surface area contributed by atoms with Gasteiger partial charge in [-0.05, 0) is 96.6 Å². The smallest absolute Gasteiger partial charge is 0.0608 e. The molecule has 0 fully saturated rings. The molecule has 0 aliphatic heterocycles. The van der Waals surface area contributed by atoms with E-state index in [1.807, 2.05) is 0 Å². The summed E-state index contributed by atoms with van der Waals surface area (Å²) in [7, 11) is 0. The van der Waals surface area contributed by atoms with Gasteiger partial charge in [-0.2, -0.15) is 0 Å². The van der Waals surface area contributed by atoms with E-state index < -0.39 is 0 Å². The number of hydrogen-bond donors (Lipinski definition) is 0. The van der Waals surface area contributed by atoms with Gasteiger partial charge in [-0.3, -0.25) is 0 Å². The first kappa shape index (κ1) is 28.8. The molecule has 6 aromatic carbocycles. The van der Waals surface area contributed by atoms with E-state index in [1.54, 1.807) is 5.57 Å². The Kier molecular flexibility index (Phi) is 6.52. The molecule has 2 heteroatoms. The van der Waals surface area contributed by atoms with Gasteiger partial charge >= 0.3 is 0 Å². The maximum Gasteiger partial charge on any atom is 0.0608 e. The van der Waals surface area contributed by atoms with Crippen molar-refractivity contribution in [3.05, 3.63) is 174 Å². The Labute approximate surface area is 283 Å². The lowest BCUT2D eigenvalue weighted by Gasteiger charge is -2.46. The number of aromatic nitrogens is 1. The minimum Gasteiger partial charge on any atom is -0.332 e. The van der Waals surface area contributed by atoms with Crippen molar-refractivity contribution >= 4 is 33.2 Å². The average molecular weight is 621 g/mol. The van der Waals surface area contributed by atoms with Gasteiger partial charge in [-0.25, -0.2) is 0 Å². The first-order valence-electron chi connectivity index (χ1n) is 17.3. The van der Waals surface area contributed by atoms with E-state index in [-0.39, 0.29) is 11.0 Å². The predicted octanol–water partition coefficient (Wildman–Crippen LogP) is 12.1. The summed E-state index contributed by atoms with van der Waals surface area (Å²) in [6.45, 7) is 7.27. The molecular weight excluding hydrogens is 581 g/mol. The first-order valence-corrected chi connectivity index (χ1v) is 17.3. The van der Waals surface area contributed by atoms with Gasteiger partial charge in [-0.15, -0.1) is 0 Å². The van der Waals surface area contributed by atoms with Gasteiger partial charge in [0.05, 0.1) is 16.6 Å². The van der Waals surface area contributed by atoms with Gasteiger partial charge in [0.25, 0.3) is 0 Å². The second-order valence-corrected chi connectivity index (χ2v) is 14.4. The number of rotatable bonds is 5. The highest BCUT2D eigenvalue weighted by molar-refractivity contribution is 6.10. The lowest BCUT2D eigenvalue weighted by molar-refractivity contribution is 0.431. The van der Waals surface area contributed by atoms with Gasteiger partial charge in [0.2, 0.25) is 0 Å². The van der Waals surface area contributed by atoms with Crippen LogP contribution < -0.4 is 4.90 Å². The molecule has 234 valence electrons. The molecule has 1 aromatic heterocycles. The Morgan fingerprint density at radius 3 is 2.00 bits per heavy atom. The molecule has 0 N–H and O–H groups in total. The number of hydrogen-bond acceptors (Lipinski definition) is 1. The van der Waals surface area contributed by atoms with Crippen molar-refractivity contribution < 1.29 is 0 Å². The summed E-state index contributed by atoms with van der Waals surface area (Å²) in [5.74, 6) is 0.507. The van der Waals surface area contributed by atoms with Gasteiger partial charge in [0.15, 0.2) is 0 Å². The molecule has 0 radical (unpaired) electrons. The molecule has 9 rings (SSSR count). The number of fused-ring (bicyclic) bond motifs is 6. The summed E-state index contributed by atoms with van der Waals surface area (Å²) in [4.78, 5) is 2.58. The fourth-order valence-electron chi connectivity index (χ4n) is 8.87. The Hall–Kier alpha value is -5.34. The molecule has 1 heterocycles. The van der Waals surface area contributed by atoms with Crippen LogP contribution in [0.15, 0.2) is 163 Å². The molecule has 0 spiro atoms. The highest BCUT2D eigenvalue weighted by Gasteiger charge is 2.47. The molecule has 2 nitrogen and oxygen atoms in total. The predicted molar refractivity (Wildman–Crippen MR) is 203 cm³/mol. The fourth-order valence-corrected chi connectivity index (χ4v) is 8.87. The van der Waals surface area contributed by atoms with Crippen LogP contribution in [0.3, 0.4) is 0 Å². The van der Waals surface area contributed by atoms with Crippen LogP contribution >= 0.6 is 0 Å². The second-order valence-electron chi connectivity index (χ2n) is 14.4. The summed E-state index contributed by atoms with van der Waals surface area (Å²) in [6.07, 6.45) is 4.86. The number of nitrogens with zero attached hydrogens (tertiary/aromatic N) is 2. The van der Waals surface area contributed by atoms with Crippen LogP contribution in [0.4, 0.5) is 11.4 Å². The minimum atomic E-state index is -0.161. The Balaban J connectivity index is 1.12. The van der Waals surface area contributed by atoms with Crippen LogP contribution in [0.2, 0.25) is 0 Å². The normalized spacial score (nSPS) is 19.6. The molecule has 2 aliphatic carbocycles. The van der Waals surface area contributed by atoms with E-state index in [1.165, 1.54) is 61.1 Å². The number of para-hydroxylation sites is 3. The van der Waals surface area contributed by atoms with Crippen LogP contribution in [0.1, 0.15) is 50.7 Å². The zero-order valence-electron chi connectivity index (χ0n) is 27.9. The van der Waals surface area contributed by atoms with E-state index >= 15 is 0 Å².